The first-order valence-electron chi connectivity index (χ1n) is 19.7. The van der Waals surface area contributed by atoms with Crippen molar-refractivity contribution in [3.63, 3.8) is 0 Å². The van der Waals surface area contributed by atoms with Gasteiger partial charge in [-0.3, -0.25) is 14.5 Å². The molecule has 2 fully saturated rings. The zero-order chi connectivity index (χ0) is 43.6. The molecule has 0 aromatic heterocycles. The van der Waals surface area contributed by atoms with Crippen LogP contribution in [-0.4, -0.2) is 114 Å². The summed E-state index contributed by atoms with van der Waals surface area (Å²) >= 11 is 11.9. The molecule has 2 saturated heterocycles. The summed E-state index contributed by atoms with van der Waals surface area (Å²) in [5, 5.41) is 29.9. The number of carbonyl (C=O) groups excluding carboxylic acids is 2. The molecular weight excluding hydrogens is 866 g/mol. The van der Waals surface area contributed by atoms with Gasteiger partial charge in [-0.1, -0.05) is 41.8 Å². The number of nitrogens with zero attached hydrogens (tertiary/aromatic N) is 2. The Hall–Kier alpha value is -4.78. The van der Waals surface area contributed by atoms with Crippen LogP contribution in [0, 0.1) is 0 Å². The first kappa shape index (κ1) is 45.7. The minimum absolute atomic E-state index is 0.00832. The van der Waals surface area contributed by atoms with Crippen LogP contribution in [0.1, 0.15) is 51.1 Å². The standard InChI is InChI=1S/C21H22ClN3O4S.C15H10ClNO4S.C7H15NO/c22-16-2-4-19(29-11-10-25-8-6-23-7-9-25)18(13-16)21(26)24-17-3-1-15-5-12-30(27,28)20(15)14-17;16-10-2-4-13(18)12(7-10)15(19)17-11-3-1-9-5-6-22(20,21)14(9)8-11;9-7-6-8-4-2-1-3-5-8/h1-5,12-14,23H,6-11H2,(H,24,26);1-8,18H,(H,17,19);9H,1-7H2. The van der Waals surface area contributed by atoms with Gasteiger partial charge in [0.05, 0.1) is 27.5 Å². The largest absolute Gasteiger partial charge is 0.507 e. The number of sulfone groups is 2. The van der Waals surface area contributed by atoms with Crippen LogP contribution in [0.2, 0.25) is 10.0 Å². The van der Waals surface area contributed by atoms with Gasteiger partial charge in [0.1, 0.15) is 18.1 Å². The van der Waals surface area contributed by atoms with E-state index in [1.807, 2.05) is 0 Å². The zero-order valence-electron chi connectivity index (χ0n) is 33.1. The number of phenolic OH excluding ortho intramolecular Hbond substituents is 1. The minimum Gasteiger partial charge on any atom is -0.507 e. The van der Waals surface area contributed by atoms with Crippen molar-refractivity contribution in [3.05, 3.63) is 116 Å². The normalized spacial score (nSPS) is 17.2. The van der Waals surface area contributed by atoms with Crippen molar-refractivity contribution in [2.75, 3.05) is 76.2 Å². The summed E-state index contributed by atoms with van der Waals surface area (Å²) in [5.41, 5.74) is 2.18. The van der Waals surface area contributed by atoms with E-state index in [-0.39, 0.29) is 21.1 Å². The highest BCUT2D eigenvalue weighted by Crippen LogP contribution is 2.32. The molecule has 0 saturated carbocycles. The third kappa shape index (κ3) is 12.4. The Labute approximate surface area is 365 Å². The quantitative estimate of drug-likeness (QED) is 0.122. The maximum atomic E-state index is 12.9. The number of ether oxygens (including phenoxy) is 1. The Kier molecular flexibility index (Phi) is 15.6. The predicted molar refractivity (Wildman–Crippen MR) is 238 cm³/mol. The van der Waals surface area contributed by atoms with E-state index in [2.05, 4.69) is 25.8 Å². The summed E-state index contributed by atoms with van der Waals surface area (Å²) in [6, 6.07) is 18.3. The topological polar surface area (TPSA) is 195 Å². The average molecular weight is 913 g/mol. The molecule has 324 valence electrons. The van der Waals surface area contributed by atoms with E-state index in [0.29, 0.717) is 57.1 Å². The van der Waals surface area contributed by atoms with E-state index in [1.165, 1.54) is 74.8 Å². The monoisotopic (exact) mass is 911 g/mol. The number of aliphatic hydroxyl groups is 1. The molecule has 4 aliphatic rings. The highest BCUT2D eigenvalue weighted by molar-refractivity contribution is 7.95. The SMILES string of the molecule is O=C(Nc1ccc2c(c1)S(=O)(=O)C=C2)c1cc(Cl)ccc1O.O=C(Nc1ccc2c(c1)S(=O)(=O)C=C2)c1cc(Cl)ccc1OCCN1CCNCC1.OCCN1CCCCC1. The third-order valence-electron chi connectivity index (χ3n) is 10.1. The molecule has 61 heavy (non-hydrogen) atoms. The van der Waals surface area contributed by atoms with E-state index in [4.69, 9.17) is 33.0 Å². The van der Waals surface area contributed by atoms with Crippen molar-refractivity contribution in [2.45, 2.75) is 29.1 Å². The summed E-state index contributed by atoms with van der Waals surface area (Å²) in [7, 11) is -6.90. The van der Waals surface area contributed by atoms with Crippen molar-refractivity contribution in [3.8, 4) is 11.5 Å². The van der Waals surface area contributed by atoms with Crippen LogP contribution in [0.15, 0.2) is 93.4 Å². The molecule has 2 amide bonds. The van der Waals surface area contributed by atoms with Crippen LogP contribution in [0.3, 0.4) is 0 Å². The lowest BCUT2D eigenvalue weighted by Gasteiger charge is -2.27. The zero-order valence-corrected chi connectivity index (χ0v) is 36.3. The number of β-amino-alcohol motifs (C(OH)–C–C–N with tert-alkyl or cyclic N) is 1. The highest BCUT2D eigenvalue weighted by atomic mass is 35.5. The molecule has 0 radical (unpaired) electrons. The van der Waals surface area contributed by atoms with Gasteiger partial charge in [0.15, 0.2) is 0 Å². The van der Waals surface area contributed by atoms with Crippen LogP contribution < -0.4 is 20.7 Å². The lowest BCUT2D eigenvalue weighted by Crippen LogP contribution is -2.44. The van der Waals surface area contributed by atoms with Crippen LogP contribution in [0.25, 0.3) is 12.2 Å². The van der Waals surface area contributed by atoms with Crippen molar-refractivity contribution in [1.82, 2.24) is 15.1 Å². The van der Waals surface area contributed by atoms with Crippen LogP contribution in [0.5, 0.6) is 11.5 Å². The van der Waals surface area contributed by atoms with Crippen molar-refractivity contribution in [1.29, 1.82) is 0 Å². The number of rotatable bonds is 10. The van der Waals surface area contributed by atoms with E-state index < -0.39 is 31.5 Å². The number of hydrogen-bond acceptors (Lipinski definition) is 12. The maximum Gasteiger partial charge on any atom is 0.259 e. The highest BCUT2D eigenvalue weighted by Gasteiger charge is 2.23. The van der Waals surface area contributed by atoms with Crippen molar-refractivity contribution in [2.24, 2.45) is 0 Å². The van der Waals surface area contributed by atoms with E-state index >= 15 is 0 Å². The molecule has 0 aliphatic carbocycles. The van der Waals surface area contributed by atoms with Crippen LogP contribution in [0.4, 0.5) is 11.4 Å². The number of amides is 2. The molecule has 0 atom stereocenters. The third-order valence-corrected chi connectivity index (χ3v) is 13.5. The lowest BCUT2D eigenvalue weighted by atomic mass is 10.1. The molecule has 5 N–H and O–H groups in total. The van der Waals surface area contributed by atoms with E-state index in [0.717, 1.165) is 50.1 Å². The molecule has 18 heteroatoms. The number of hydrogen-bond donors (Lipinski definition) is 5. The number of piperazine rings is 1. The van der Waals surface area contributed by atoms with Gasteiger partial charge >= 0.3 is 0 Å². The second-order valence-electron chi connectivity index (χ2n) is 14.5. The Morgan fingerprint density at radius 2 is 1.20 bits per heavy atom. The van der Waals surface area contributed by atoms with Gasteiger partial charge in [0.2, 0.25) is 19.7 Å². The summed E-state index contributed by atoms with van der Waals surface area (Å²) in [5.74, 6) is -0.777. The van der Waals surface area contributed by atoms with Crippen molar-refractivity contribution < 1.29 is 41.4 Å². The number of likely N-dealkylation sites (tertiary alicyclic amines) is 1. The van der Waals surface area contributed by atoms with Gasteiger partial charge in [-0.15, -0.1) is 0 Å². The van der Waals surface area contributed by atoms with Crippen molar-refractivity contribution >= 4 is 78.2 Å². The number of carbonyl (C=O) groups is 2. The number of nitrogens with one attached hydrogen (secondary N) is 3. The molecule has 14 nitrogen and oxygen atoms in total. The number of phenols is 1. The number of aliphatic hydroxyl groups excluding tert-OH is 1. The molecule has 4 aromatic carbocycles. The first-order chi connectivity index (χ1) is 29.2. The summed E-state index contributed by atoms with van der Waals surface area (Å²) in [4.78, 5) is 30.0. The number of aromatic hydroxyl groups is 1. The summed E-state index contributed by atoms with van der Waals surface area (Å²) in [6.45, 7) is 8.65. The van der Waals surface area contributed by atoms with Gasteiger partial charge in [-0.25, -0.2) is 16.8 Å². The smallest absolute Gasteiger partial charge is 0.259 e. The second-order valence-corrected chi connectivity index (χ2v) is 19.0. The van der Waals surface area contributed by atoms with Crippen LogP contribution >= 0.6 is 23.2 Å². The molecule has 0 unspecified atom stereocenters. The molecule has 0 bridgehead atoms. The molecule has 4 aliphatic heterocycles. The lowest BCUT2D eigenvalue weighted by molar-refractivity contribution is 0.101. The predicted octanol–water partition coefficient (Wildman–Crippen LogP) is 6.15. The second kappa shape index (κ2) is 20.9. The number of halogens is 2. The molecule has 8 rings (SSSR count). The minimum atomic E-state index is -3.45. The fourth-order valence-corrected chi connectivity index (χ4v) is 9.70. The fraction of sp³-hybridized carbons (Fsp3) is 0.302. The Morgan fingerprint density at radius 3 is 1.77 bits per heavy atom. The number of fused-ring (bicyclic) bond motifs is 2. The number of anilines is 2. The number of piperidine rings is 1. The summed E-state index contributed by atoms with van der Waals surface area (Å²) < 4.78 is 53.6. The Bertz CT molecular complexity index is 2520. The first-order valence-corrected chi connectivity index (χ1v) is 23.5. The summed E-state index contributed by atoms with van der Waals surface area (Å²) in [6.07, 6.45) is 7.05. The Balaban J connectivity index is 0.000000175. The van der Waals surface area contributed by atoms with Gasteiger partial charge < -0.3 is 35.8 Å². The maximum absolute atomic E-state index is 12.9. The molecule has 4 heterocycles. The average Bonchev–Trinajstić information content (AvgIpc) is 3.73. The van der Waals surface area contributed by atoms with Gasteiger partial charge in [-0.2, -0.15) is 0 Å². The Morgan fingerprint density at radius 1 is 0.672 bits per heavy atom. The van der Waals surface area contributed by atoms with E-state index in [9.17, 15) is 31.5 Å². The fourth-order valence-electron chi connectivity index (χ4n) is 6.90. The molecule has 0 spiro atoms. The van der Waals surface area contributed by atoms with Gasteiger partial charge in [-0.05, 0) is 110 Å². The van der Waals surface area contributed by atoms with Gasteiger partial charge in [0.25, 0.3) is 11.8 Å². The van der Waals surface area contributed by atoms with Crippen LogP contribution in [-0.2, 0) is 19.7 Å². The van der Waals surface area contributed by atoms with E-state index in [1.54, 1.807) is 42.5 Å². The van der Waals surface area contributed by atoms with Gasteiger partial charge in [0, 0.05) is 71.5 Å². The number of benzene rings is 4. The molecule has 4 aromatic rings. The molecular formula is C43H47Cl2N5O9S2.